The van der Waals surface area contributed by atoms with Crippen LogP contribution in [0.1, 0.15) is 37.3 Å². The molecule has 3 unspecified atom stereocenters. The van der Waals surface area contributed by atoms with E-state index in [1.165, 1.54) is 28.0 Å². The average Bonchev–Trinajstić information content (AvgIpc) is 3.68. The summed E-state index contributed by atoms with van der Waals surface area (Å²) < 4.78 is 14.4. The predicted octanol–water partition coefficient (Wildman–Crippen LogP) is -3.46. The SMILES string of the molecule is Nc1nc(=O)n(C2CC(O)C(CO)O2)cc1CCCN(CC[C@H](N)C(=O)O)C[C@H]1O[C@@H](n2cnc3c(N)ncnc32)[C@H](O)[C@@H]1O. The summed E-state index contributed by atoms with van der Waals surface area (Å²) >= 11 is 0. The Morgan fingerprint density at radius 1 is 1.07 bits per heavy atom. The number of aromatic nitrogens is 6. The van der Waals surface area contributed by atoms with Crippen LogP contribution in [-0.4, -0.2) is 128 Å². The van der Waals surface area contributed by atoms with Crippen molar-refractivity contribution in [3.63, 3.8) is 0 Å². The Balaban J connectivity index is 1.27. The maximum absolute atomic E-state index is 12.5. The zero-order valence-electron chi connectivity index (χ0n) is 24.2. The van der Waals surface area contributed by atoms with Gasteiger partial charge in [-0.2, -0.15) is 4.98 Å². The second kappa shape index (κ2) is 13.7. The maximum atomic E-state index is 12.5. The highest BCUT2D eigenvalue weighted by Crippen LogP contribution is 2.33. The molecule has 0 amide bonds. The Hall–Kier alpha value is -3.82. The molecule has 19 nitrogen and oxygen atoms in total. The molecule has 3 aromatic rings. The van der Waals surface area contributed by atoms with Crippen LogP contribution in [0.2, 0.25) is 0 Å². The number of aliphatic hydroxyl groups excluding tert-OH is 4. The van der Waals surface area contributed by atoms with Crippen molar-refractivity contribution in [3.05, 3.63) is 34.9 Å². The number of carboxylic acid groups (broad SMARTS) is 1. The molecule has 2 aliphatic rings. The molecule has 246 valence electrons. The second-order valence-electron chi connectivity index (χ2n) is 11.2. The van der Waals surface area contributed by atoms with E-state index in [2.05, 4.69) is 19.9 Å². The first-order valence-corrected chi connectivity index (χ1v) is 14.5. The topological polar surface area (TPSA) is 296 Å². The number of nitrogen functional groups attached to an aromatic ring is 2. The van der Waals surface area contributed by atoms with Crippen molar-refractivity contribution in [1.82, 2.24) is 34.0 Å². The molecule has 3 aromatic heterocycles. The summed E-state index contributed by atoms with van der Waals surface area (Å²) in [6.07, 6.45) is -1.92. The van der Waals surface area contributed by atoms with Crippen LogP contribution < -0.4 is 22.9 Å². The van der Waals surface area contributed by atoms with Crippen LogP contribution in [0.15, 0.2) is 23.6 Å². The highest BCUT2D eigenvalue weighted by Gasteiger charge is 2.45. The van der Waals surface area contributed by atoms with Crippen molar-refractivity contribution >= 4 is 28.8 Å². The third kappa shape index (κ3) is 6.89. The molecule has 2 saturated heterocycles. The monoisotopic (exact) mass is 634 g/mol. The zero-order valence-corrected chi connectivity index (χ0v) is 24.2. The van der Waals surface area contributed by atoms with Gasteiger partial charge in [-0.1, -0.05) is 0 Å². The molecule has 2 aliphatic heterocycles. The number of hydrogen-bond donors (Lipinski definition) is 8. The van der Waals surface area contributed by atoms with Crippen molar-refractivity contribution in [1.29, 1.82) is 0 Å². The van der Waals surface area contributed by atoms with Crippen molar-refractivity contribution in [2.75, 3.05) is 37.7 Å². The molecule has 5 rings (SSSR count). The van der Waals surface area contributed by atoms with Crippen molar-refractivity contribution in [2.24, 2.45) is 5.73 Å². The van der Waals surface area contributed by atoms with Gasteiger partial charge >= 0.3 is 11.7 Å². The summed E-state index contributed by atoms with van der Waals surface area (Å²) in [7, 11) is 0. The molecule has 0 bridgehead atoms. The number of aliphatic carboxylic acids is 1. The number of anilines is 2. The Labute approximate surface area is 255 Å². The van der Waals surface area contributed by atoms with Gasteiger partial charge in [0.15, 0.2) is 17.7 Å². The van der Waals surface area contributed by atoms with Crippen LogP contribution in [-0.2, 0) is 20.7 Å². The molecule has 2 fully saturated rings. The number of rotatable bonds is 13. The number of nitrogens with two attached hydrogens (primary N) is 3. The molecule has 19 heteroatoms. The van der Waals surface area contributed by atoms with E-state index in [1.807, 2.05) is 4.90 Å². The summed E-state index contributed by atoms with van der Waals surface area (Å²) in [4.78, 5) is 41.9. The molecule has 0 spiro atoms. The molecular weight excluding hydrogens is 596 g/mol. The number of aryl methyl sites for hydroxylation is 1. The highest BCUT2D eigenvalue weighted by atomic mass is 16.6. The van der Waals surface area contributed by atoms with Crippen molar-refractivity contribution < 1.29 is 39.8 Å². The van der Waals surface area contributed by atoms with Crippen molar-refractivity contribution in [2.45, 2.75) is 74.7 Å². The van der Waals surface area contributed by atoms with E-state index in [0.717, 1.165) is 0 Å². The van der Waals surface area contributed by atoms with Crippen LogP contribution in [0.3, 0.4) is 0 Å². The standard InChI is InChI=1S/C26H38N10O9/c27-13(25(41)42)3-5-34(4-1-2-12-7-35(26(43)33-21(12)28)17-6-14(38)16(9-37)44-17)8-15-19(39)20(40)24(45-15)36-11-32-18-22(29)30-10-31-23(18)36/h7,10-11,13-17,19-20,24,37-40H,1-6,8-9,27H2,(H,41,42)(H2,28,33,43)(H2,29,30,31)/t13-,14?,15+,16?,17?,19+,20+,24+/m0/s1. The van der Waals surface area contributed by atoms with Gasteiger partial charge < -0.3 is 57.1 Å². The first-order chi connectivity index (χ1) is 21.5. The van der Waals surface area contributed by atoms with Crippen LogP contribution in [0, 0.1) is 0 Å². The van der Waals surface area contributed by atoms with Crippen LogP contribution in [0.4, 0.5) is 11.6 Å². The lowest BCUT2D eigenvalue weighted by molar-refractivity contribution is -0.138. The minimum absolute atomic E-state index is 0.0328. The lowest BCUT2D eigenvalue weighted by Crippen LogP contribution is -2.43. The lowest BCUT2D eigenvalue weighted by atomic mass is 10.1. The van der Waals surface area contributed by atoms with Gasteiger partial charge in [-0.05, 0) is 25.8 Å². The Morgan fingerprint density at radius 2 is 1.84 bits per heavy atom. The zero-order chi connectivity index (χ0) is 32.4. The number of hydrogen-bond acceptors (Lipinski definition) is 16. The first kappa shape index (κ1) is 32.6. The Morgan fingerprint density at radius 3 is 2.56 bits per heavy atom. The molecule has 5 heterocycles. The number of imidazole rings is 1. The van der Waals surface area contributed by atoms with Gasteiger partial charge in [-0.25, -0.2) is 19.7 Å². The molecule has 45 heavy (non-hydrogen) atoms. The molecule has 8 atom stereocenters. The molecule has 11 N–H and O–H groups in total. The quantitative estimate of drug-likeness (QED) is 0.0906. The summed E-state index contributed by atoms with van der Waals surface area (Å²) in [6.45, 7) is 0.333. The summed E-state index contributed by atoms with van der Waals surface area (Å²) in [5.41, 5.74) is 18.2. The number of carboxylic acids is 1. The number of fused-ring (bicyclic) bond motifs is 1. The molecular formula is C26H38N10O9. The fraction of sp³-hybridized carbons (Fsp3) is 0.615. The van der Waals surface area contributed by atoms with Gasteiger partial charge in [0, 0.05) is 31.3 Å². The number of carbonyl (C=O) groups is 1. The third-order valence-corrected chi connectivity index (χ3v) is 8.19. The molecule has 0 saturated carbocycles. The van der Waals surface area contributed by atoms with Crippen LogP contribution in [0.25, 0.3) is 11.2 Å². The first-order valence-electron chi connectivity index (χ1n) is 14.5. The fourth-order valence-electron chi connectivity index (χ4n) is 5.62. The number of nitrogens with zero attached hydrogens (tertiary/aromatic N) is 7. The highest BCUT2D eigenvalue weighted by molar-refractivity contribution is 5.81. The van der Waals surface area contributed by atoms with Crippen LogP contribution in [0.5, 0.6) is 0 Å². The summed E-state index contributed by atoms with van der Waals surface area (Å²) in [5, 5.41) is 50.5. The van der Waals surface area contributed by atoms with Gasteiger partial charge in [-0.15, -0.1) is 0 Å². The minimum Gasteiger partial charge on any atom is -0.480 e. The molecule has 0 aliphatic carbocycles. The second-order valence-corrected chi connectivity index (χ2v) is 11.2. The van der Waals surface area contributed by atoms with E-state index in [9.17, 15) is 35.1 Å². The molecule has 0 radical (unpaired) electrons. The largest absolute Gasteiger partial charge is 0.480 e. The van der Waals surface area contributed by atoms with Gasteiger partial charge in [0.25, 0.3) is 0 Å². The Kier molecular flexibility index (Phi) is 9.89. The van der Waals surface area contributed by atoms with E-state index < -0.39 is 67.3 Å². The maximum Gasteiger partial charge on any atom is 0.351 e. The Bertz CT molecular complexity index is 1550. The van der Waals surface area contributed by atoms with Crippen LogP contribution >= 0.6 is 0 Å². The smallest absolute Gasteiger partial charge is 0.351 e. The lowest BCUT2D eigenvalue weighted by Gasteiger charge is -2.27. The van der Waals surface area contributed by atoms with E-state index in [0.29, 0.717) is 36.1 Å². The van der Waals surface area contributed by atoms with E-state index >= 15 is 0 Å². The van der Waals surface area contributed by atoms with Gasteiger partial charge in [-0.3, -0.25) is 13.9 Å². The van der Waals surface area contributed by atoms with E-state index in [4.69, 9.17) is 26.7 Å². The van der Waals surface area contributed by atoms with Crippen molar-refractivity contribution in [3.8, 4) is 0 Å². The fourth-order valence-corrected chi connectivity index (χ4v) is 5.62. The third-order valence-electron chi connectivity index (χ3n) is 8.19. The number of ether oxygens (including phenoxy) is 2. The van der Waals surface area contributed by atoms with E-state index in [-0.39, 0.29) is 37.6 Å². The summed E-state index contributed by atoms with van der Waals surface area (Å²) in [6, 6.07) is -1.12. The van der Waals surface area contributed by atoms with Gasteiger partial charge in [0.05, 0.1) is 19.0 Å². The predicted molar refractivity (Wildman–Crippen MR) is 155 cm³/mol. The van der Waals surface area contributed by atoms with Gasteiger partial charge in [0.1, 0.15) is 54.3 Å². The van der Waals surface area contributed by atoms with Gasteiger partial charge in [0.2, 0.25) is 0 Å². The molecule has 0 aromatic carbocycles. The normalized spacial score (nSPS) is 27.5. The minimum atomic E-state index is -1.33. The summed E-state index contributed by atoms with van der Waals surface area (Å²) in [5.74, 6) is -0.969. The number of aliphatic hydroxyl groups is 4. The van der Waals surface area contributed by atoms with E-state index in [1.54, 1.807) is 0 Å². The average molecular weight is 635 g/mol.